The molecule has 0 fully saturated rings. The van der Waals surface area contributed by atoms with Gasteiger partial charge in [-0.3, -0.25) is 4.98 Å². The maximum atomic E-state index is 4.23. The van der Waals surface area contributed by atoms with Crippen molar-refractivity contribution in [2.75, 3.05) is 17.7 Å². The van der Waals surface area contributed by atoms with Gasteiger partial charge in [-0.15, -0.1) is 11.3 Å². The summed E-state index contributed by atoms with van der Waals surface area (Å²) in [4.78, 5) is 5.61. The Morgan fingerprint density at radius 3 is 2.83 bits per heavy atom. The molecule has 18 heavy (non-hydrogen) atoms. The lowest BCUT2D eigenvalue weighted by molar-refractivity contribution is 0.687. The van der Waals surface area contributed by atoms with Crippen LogP contribution in [0, 0.1) is 0 Å². The molecular weight excluding hydrogens is 242 g/mol. The van der Waals surface area contributed by atoms with Crippen LogP contribution in [0.2, 0.25) is 0 Å². The molecule has 2 rings (SSSR count). The first-order chi connectivity index (χ1) is 8.83. The Hall–Kier alpha value is -1.55. The molecule has 1 unspecified atom stereocenters. The molecule has 0 aliphatic heterocycles. The molecule has 2 heterocycles. The van der Waals surface area contributed by atoms with E-state index in [0.29, 0.717) is 6.04 Å². The van der Waals surface area contributed by atoms with Gasteiger partial charge >= 0.3 is 0 Å². The number of hydrogen-bond acceptors (Lipinski definition) is 4. The molecule has 0 spiro atoms. The zero-order chi connectivity index (χ0) is 12.8. The summed E-state index contributed by atoms with van der Waals surface area (Å²) in [7, 11) is 1.91. The number of aromatic nitrogens is 1. The van der Waals surface area contributed by atoms with E-state index in [4.69, 9.17) is 0 Å². The lowest BCUT2D eigenvalue weighted by Crippen LogP contribution is -2.09. The summed E-state index contributed by atoms with van der Waals surface area (Å²) < 4.78 is 0. The molecule has 0 radical (unpaired) electrons. The molecule has 1 atom stereocenters. The van der Waals surface area contributed by atoms with Crippen molar-refractivity contribution in [3.8, 4) is 0 Å². The number of hydrogen-bond donors (Lipinski definition) is 2. The van der Waals surface area contributed by atoms with E-state index in [9.17, 15) is 0 Å². The molecule has 0 saturated carbocycles. The summed E-state index contributed by atoms with van der Waals surface area (Å²) in [6, 6.07) is 6.76. The highest BCUT2D eigenvalue weighted by Gasteiger charge is 2.11. The molecule has 0 aromatic carbocycles. The minimum Gasteiger partial charge on any atom is -0.387 e. The number of thiophene rings is 1. The van der Waals surface area contributed by atoms with Crippen LogP contribution in [0.25, 0.3) is 0 Å². The predicted octanol–water partition coefficient (Wildman–Crippen LogP) is 4.14. The van der Waals surface area contributed by atoms with Crippen LogP contribution in [0.1, 0.15) is 30.7 Å². The molecule has 2 N–H and O–H groups in total. The average molecular weight is 261 g/mol. The molecule has 0 bridgehead atoms. The highest BCUT2D eigenvalue weighted by atomic mass is 32.1. The smallest absolute Gasteiger partial charge is 0.0607 e. The van der Waals surface area contributed by atoms with Crippen LogP contribution in [0.3, 0.4) is 0 Å². The maximum Gasteiger partial charge on any atom is 0.0607 e. The van der Waals surface area contributed by atoms with Crippen molar-refractivity contribution in [3.63, 3.8) is 0 Å². The molecule has 0 aliphatic rings. The summed E-state index contributed by atoms with van der Waals surface area (Å²) in [5.74, 6) is 0. The largest absolute Gasteiger partial charge is 0.387 e. The zero-order valence-electron chi connectivity index (χ0n) is 10.8. The fourth-order valence-corrected chi connectivity index (χ4v) is 2.73. The highest BCUT2D eigenvalue weighted by molar-refractivity contribution is 7.10. The van der Waals surface area contributed by atoms with E-state index in [1.165, 1.54) is 4.88 Å². The summed E-state index contributed by atoms with van der Waals surface area (Å²) in [6.07, 6.45) is 5.99. The van der Waals surface area contributed by atoms with Crippen molar-refractivity contribution >= 4 is 22.7 Å². The third-order valence-electron chi connectivity index (χ3n) is 2.83. The minimum absolute atomic E-state index is 0.379. The molecule has 2 aromatic heterocycles. The Bertz CT molecular complexity index is 468. The van der Waals surface area contributed by atoms with Crippen molar-refractivity contribution in [3.05, 3.63) is 40.8 Å². The van der Waals surface area contributed by atoms with Crippen LogP contribution in [-0.4, -0.2) is 12.0 Å². The first-order valence-corrected chi connectivity index (χ1v) is 7.14. The molecule has 0 saturated heterocycles. The van der Waals surface area contributed by atoms with Gasteiger partial charge in [0.15, 0.2) is 0 Å². The monoisotopic (exact) mass is 261 g/mol. The van der Waals surface area contributed by atoms with Crippen LogP contribution >= 0.6 is 11.3 Å². The number of anilines is 2. The van der Waals surface area contributed by atoms with E-state index in [0.717, 1.165) is 24.2 Å². The second-order valence-electron chi connectivity index (χ2n) is 4.21. The number of nitrogens with one attached hydrogen (secondary N) is 2. The van der Waals surface area contributed by atoms with Gasteiger partial charge in [-0.1, -0.05) is 19.4 Å². The third-order valence-corrected chi connectivity index (χ3v) is 3.82. The fraction of sp³-hybridized carbons (Fsp3) is 0.357. The van der Waals surface area contributed by atoms with Gasteiger partial charge in [0.2, 0.25) is 0 Å². The van der Waals surface area contributed by atoms with Gasteiger partial charge in [-0.2, -0.15) is 0 Å². The Morgan fingerprint density at radius 2 is 2.17 bits per heavy atom. The normalized spacial score (nSPS) is 12.1. The van der Waals surface area contributed by atoms with Crippen LogP contribution in [0.4, 0.5) is 11.4 Å². The van der Waals surface area contributed by atoms with E-state index in [1.807, 2.05) is 19.4 Å². The SMILES string of the molecule is CCCC(Nc1cncc(NC)c1)c1cccs1. The highest BCUT2D eigenvalue weighted by Crippen LogP contribution is 2.27. The van der Waals surface area contributed by atoms with E-state index in [-0.39, 0.29) is 0 Å². The van der Waals surface area contributed by atoms with Gasteiger partial charge in [0, 0.05) is 11.9 Å². The average Bonchev–Trinajstić information content (AvgIpc) is 2.92. The van der Waals surface area contributed by atoms with Gasteiger partial charge in [0.1, 0.15) is 0 Å². The molecule has 96 valence electrons. The predicted molar refractivity (Wildman–Crippen MR) is 79.4 cm³/mol. The zero-order valence-corrected chi connectivity index (χ0v) is 11.6. The van der Waals surface area contributed by atoms with Gasteiger partial charge in [-0.25, -0.2) is 0 Å². The molecule has 0 aliphatic carbocycles. The Labute approximate surface area is 112 Å². The lowest BCUT2D eigenvalue weighted by Gasteiger charge is -2.18. The molecule has 3 nitrogen and oxygen atoms in total. The first kappa shape index (κ1) is 12.9. The topological polar surface area (TPSA) is 37.0 Å². The first-order valence-electron chi connectivity index (χ1n) is 6.26. The van der Waals surface area contributed by atoms with Crippen molar-refractivity contribution in [2.45, 2.75) is 25.8 Å². The van der Waals surface area contributed by atoms with E-state index >= 15 is 0 Å². The second-order valence-corrected chi connectivity index (χ2v) is 5.19. The van der Waals surface area contributed by atoms with Crippen LogP contribution in [0.5, 0.6) is 0 Å². The number of rotatable bonds is 6. The van der Waals surface area contributed by atoms with E-state index < -0.39 is 0 Å². The van der Waals surface area contributed by atoms with E-state index in [2.05, 4.69) is 46.1 Å². The summed E-state index contributed by atoms with van der Waals surface area (Å²) in [5, 5.41) is 8.80. The Balaban J connectivity index is 2.13. The Morgan fingerprint density at radius 1 is 1.33 bits per heavy atom. The van der Waals surface area contributed by atoms with Crippen molar-refractivity contribution in [2.24, 2.45) is 0 Å². The van der Waals surface area contributed by atoms with E-state index in [1.54, 1.807) is 11.3 Å². The summed E-state index contributed by atoms with van der Waals surface area (Å²) in [5.41, 5.74) is 2.09. The van der Waals surface area contributed by atoms with Crippen LogP contribution in [0.15, 0.2) is 36.0 Å². The molecule has 4 heteroatoms. The van der Waals surface area contributed by atoms with Crippen molar-refractivity contribution in [1.29, 1.82) is 0 Å². The van der Waals surface area contributed by atoms with Gasteiger partial charge in [-0.05, 0) is 23.9 Å². The number of nitrogens with zero attached hydrogens (tertiary/aromatic N) is 1. The second kappa shape index (κ2) is 6.40. The van der Waals surface area contributed by atoms with Crippen molar-refractivity contribution < 1.29 is 0 Å². The van der Waals surface area contributed by atoms with Gasteiger partial charge < -0.3 is 10.6 Å². The standard InChI is InChI=1S/C14H19N3S/c1-3-5-13(14-6-4-7-18-14)17-12-8-11(15-2)9-16-10-12/h4,6-10,13,15,17H,3,5H2,1-2H3. The lowest BCUT2D eigenvalue weighted by atomic mass is 10.1. The quantitative estimate of drug-likeness (QED) is 0.820. The number of pyridine rings is 1. The van der Waals surface area contributed by atoms with Crippen LogP contribution < -0.4 is 10.6 Å². The van der Waals surface area contributed by atoms with Crippen molar-refractivity contribution in [1.82, 2.24) is 4.98 Å². The van der Waals surface area contributed by atoms with Crippen LogP contribution in [-0.2, 0) is 0 Å². The maximum absolute atomic E-state index is 4.23. The van der Waals surface area contributed by atoms with Gasteiger partial charge in [0.25, 0.3) is 0 Å². The minimum atomic E-state index is 0.379. The molecule has 0 amide bonds. The summed E-state index contributed by atoms with van der Waals surface area (Å²) >= 11 is 1.80. The summed E-state index contributed by atoms with van der Waals surface area (Å²) in [6.45, 7) is 2.21. The third kappa shape index (κ3) is 3.23. The molecule has 2 aromatic rings. The fourth-order valence-electron chi connectivity index (χ4n) is 1.92. The van der Waals surface area contributed by atoms with Gasteiger partial charge in [0.05, 0.1) is 29.8 Å². The Kier molecular flexibility index (Phi) is 4.59. The molecular formula is C14H19N3S.